The number of hydrogen-bond donors (Lipinski definition) is 0. The van der Waals surface area contributed by atoms with Crippen LogP contribution in [-0.4, -0.2) is 24.3 Å². The lowest BCUT2D eigenvalue weighted by Crippen LogP contribution is -2.25. The van der Waals surface area contributed by atoms with Crippen molar-refractivity contribution < 1.29 is 9.18 Å². The zero-order valence-electron chi connectivity index (χ0n) is 11.0. The van der Waals surface area contributed by atoms with E-state index in [1.165, 1.54) is 23.5 Å². The Bertz CT molecular complexity index is 562. The highest BCUT2D eigenvalue weighted by atomic mass is 32.1. The lowest BCUT2D eigenvalue weighted by Gasteiger charge is -2.15. The first kappa shape index (κ1) is 13.9. The Morgan fingerprint density at radius 2 is 1.89 bits per heavy atom. The summed E-state index contributed by atoms with van der Waals surface area (Å²) in [5, 5.41) is 0. The molecule has 1 heterocycles. The first-order chi connectivity index (χ1) is 9.04. The average molecular weight is 277 g/mol. The molecule has 0 atom stereocenters. The van der Waals surface area contributed by atoms with Crippen molar-refractivity contribution >= 4 is 17.1 Å². The highest BCUT2D eigenvalue weighted by Gasteiger charge is 2.11. The fourth-order valence-corrected chi connectivity index (χ4v) is 2.66. The maximum Gasteiger partial charge on any atom is 0.186 e. The van der Waals surface area contributed by atoms with Crippen molar-refractivity contribution in [2.45, 2.75) is 13.5 Å². The Hall–Kier alpha value is -1.52. The predicted molar refractivity (Wildman–Crippen MR) is 76.1 cm³/mol. The molecule has 0 bridgehead atoms. The van der Waals surface area contributed by atoms with E-state index in [1.807, 2.05) is 31.0 Å². The number of aryl methyl sites for hydroxylation is 1. The third-order valence-corrected chi connectivity index (χ3v) is 3.84. The zero-order chi connectivity index (χ0) is 13.8. The van der Waals surface area contributed by atoms with Crippen LogP contribution in [0.15, 0.2) is 36.4 Å². The molecule has 0 aliphatic carbocycles. The van der Waals surface area contributed by atoms with Gasteiger partial charge in [0.05, 0.1) is 11.4 Å². The minimum atomic E-state index is -0.239. The third kappa shape index (κ3) is 3.98. The van der Waals surface area contributed by atoms with Gasteiger partial charge in [-0.15, -0.1) is 11.3 Å². The molecule has 0 amide bonds. The van der Waals surface area contributed by atoms with Crippen molar-refractivity contribution in [3.63, 3.8) is 0 Å². The van der Waals surface area contributed by atoms with Gasteiger partial charge in [-0.1, -0.05) is 12.1 Å². The second-order valence-electron chi connectivity index (χ2n) is 4.63. The number of hydrogen-bond acceptors (Lipinski definition) is 3. The van der Waals surface area contributed by atoms with Gasteiger partial charge in [0.1, 0.15) is 5.82 Å². The second-order valence-corrected chi connectivity index (χ2v) is 5.92. The maximum absolute atomic E-state index is 12.8. The van der Waals surface area contributed by atoms with Crippen LogP contribution >= 0.6 is 11.3 Å². The van der Waals surface area contributed by atoms with Crippen molar-refractivity contribution in [1.82, 2.24) is 4.90 Å². The van der Waals surface area contributed by atoms with E-state index in [2.05, 4.69) is 0 Å². The lowest BCUT2D eigenvalue weighted by molar-refractivity contribution is 0.0947. The Morgan fingerprint density at radius 1 is 1.21 bits per heavy atom. The van der Waals surface area contributed by atoms with Crippen LogP contribution in [0.2, 0.25) is 0 Å². The average Bonchev–Trinajstić information content (AvgIpc) is 2.79. The van der Waals surface area contributed by atoms with Gasteiger partial charge in [0.25, 0.3) is 0 Å². The summed E-state index contributed by atoms with van der Waals surface area (Å²) in [6.07, 6.45) is 0. The number of nitrogens with zero attached hydrogens (tertiary/aromatic N) is 1. The number of carbonyl (C=O) groups excluding carboxylic acids is 1. The minimum absolute atomic E-state index is 0.128. The quantitative estimate of drug-likeness (QED) is 0.779. The molecule has 0 saturated carbocycles. The number of thiophene rings is 1. The summed E-state index contributed by atoms with van der Waals surface area (Å²) in [5.41, 5.74) is 0.999. The highest BCUT2D eigenvalue weighted by molar-refractivity contribution is 7.14. The monoisotopic (exact) mass is 277 g/mol. The van der Waals surface area contributed by atoms with Crippen molar-refractivity contribution in [1.29, 1.82) is 0 Å². The molecule has 2 aromatic rings. The summed E-state index contributed by atoms with van der Waals surface area (Å²) in [7, 11) is 1.89. The summed E-state index contributed by atoms with van der Waals surface area (Å²) in [5.74, 6) is -0.112. The molecule has 0 radical (unpaired) electrons. The number of halogens is 1. The molecule has 0 saturated heterocycles. The van der Waals surface area contributed by atoms with Crippen LogP contribution in [0.25, 0.3) is 0 Å². The van der Waals surface area contributed by atoms with Crippen molar-refractivity contribution in [3.05, 3.63) is 57.5 Å². The van der Waals surface area contributed by atoms with Gasteiger partial charge in [-0.2, -0.15) is 0 Å². The van der Waals surface area contributed by atoms with Crippen LogP contribution in [0.3, 0.4) is 0 Å². The minimum Gasteiger partial charge on any atom is -0.295 e. The Kier molecular flexibility index (Phi) is 4.45. The van der Waals surface area contributed by atoms with Gasteiger partial charge in [-0.25, -0.2) is 4.39 Å². The first-order valence-corrected chi connectivity index (χ1v) is 6.89. The Balaban J connectivity index is 1.92. The van der Waals surface area contributed by atoms with Crippen LogP contribution in [0.1, 0.15) is 20.1 Å². The van der Waals surface area contributed by atoms with E-state index in [1.54, 1.807) is 12.1 Å². The molecule has 0 aliphatic rings. The lowest BCUT2D eigenvalue weighted by atomic mass is 10.2. The molecule has 0 unspecified atom stereocenters. The SMILES string of the molecule is Cc1ccc(C(=O)CN(C)Cc2ccc(F)cc2)s1. The standard InChI is InChI=1S/C15H16FNOS/c1-11-3-8-15(19-11)14(18)10-17(2)9-12-4-6-13(16)7-5-12/h3-8H,9-10H2,1-2H3. The highest BCUT2D eigenvalue weighted by Crippen LogP contribution is 2.16. The molecule has 2 nitrogen and oxygen atoms in total. The molecule has 0 aliphatic heterocycles. The van der Waals surface area contributed by atoms with Crippen LogP contribution < -0.4 is 0 Å². The molecule has 2 rings (SSSR count). The van der Waals surface area contributed by atoms with E-state index in [9.17, 15) is 9.18 Å². The predicted octanol–water partition coefficient (Wildman–Crippen LogP) is 3.51. The fraction of sp³-hybridized carbons (Fsp3) is 0.267. The molecule has 1 aromatic heterocycles. The van der Waals surface area contributed by atoms with E-state index in [0.29, 0.717) is 13.1 Å². The molecular weight excluding hydrogens is 261 g/mol. The summed E-state index contributed by atoms with van der Waals surface area (Å²) in [6, 6.07) is 10.2. The van der Waals surface area contributed by atoms with Gasteiger partial charge in [-0.3, -0.25) is 9.69 Å². The van der Waals surface area contributed by atoms with Crippen LogP contribution in [0, 0.1) is 12.7 Å². The molecular formula is C15H16FNOS. The summed E-state index contributed by atoms with van der Waals surface area (Å²) in [6.45, 7) is 3.00. The molecule has 0 spiro atoms. The van der Waals surface area contributed by atoms with Gasteiger partial charge in [-0.05, 0) is 43.8 Å². The van der Waals surface area contributed by atoms with E-state index in [-0.39, 0.29) is 11.6 Å². The molecule has 0 N–H and O–H groups in total. The molecule has 0 fully saturated rings. The van der Waals surface area contributed by atoms with Gasteiger partial charge >= 0.3 is 0 Å². The van der Waals surface area contributed by atoms with Gasteiger partial charge in [0.2, 0.25) is 0 Å². The van der Waals surface area contributed by atoms with Gasteiger partial charge in [0.15, 0.2) is 5.78 Å². The largest absolute Gasteiger partial charge is 0.295 e. The Morgan fingerprint density at radius 3 is 2.47 bits per heavy atom. The topological polar surface area (TPSA) is 20.3 Å². The van der Waals surface area contributed by atoms with Crippen LogP contribution in [0.4, 0.5) is 4.39 Å². The number of rotatable bonds is 5. The normalized spacial score (nSPS) is 10.9. The second kappa shape index (κ2) is 6.08. The molecule has 19 heavy (non-hydrogen) atoms. The van der Waals surface area contributed by atoms with Gasteiger partial charge in [0, 0.05) is 11.4 Å². The Labute approximate surface area is 116 Å². The van der Waals surface area contributed by atoms with Crippen LogP contribution in [-0.2, 0) is 6.54 Å². The number of likely N-dealkylation sites (N-methyl/N-ethyl adjacent to an activating group) is 1. The van der Waals surface area contributed by atoms with E-state index in [0.717, 1.165) is 15.3 Å². The summed E-state index contributed by atoms with van der Waals surface area (Å²) < 4.78 is 12.8. The number of carbonyl (C=O) groups is 1. The molecule has 100 valence electrons. The molecule has 1 aromatic carbocycles. The molecule has 4 heteroatoms. The number of ketones is 1. The zero-order valence-corrected chi connectivity index (χ0v) is 11.8. The van der Waals surface area contributed by atoms with E-state index < -0.39 is 0 Å². The fourth-order valence-electron chi connectivity index (χ4n) is 1.86. The third-order valence-electron chi connectivity index (χ3n) is 2.79. The van der Waals surface area contributed by atoms with Crippen LogP contribution in [0.5, 0.6) is 0 Å². The number of Topliss-reactive ketones (excluding diaryl/α,β-unsaturated/α-hetero) is 1. The van der Waals surface area contributed by atoms with E-state index in [4.69, 9.17) is 0 Å². The summed E-state index contributed by atoms with van der Waals surface area (Å²) in [4.78, 5) is 15.9. The number of benzene rings is 1. The smallest absolute Gasteiger partial charge is 0.186 e. The van der Waals surface area contributed by atoms with Gasteiger partial charge < -0.3 is 0 Å². The maximum atomic E-state index is 12.8. The first-order valence-electron chi connectivity index (χ1n) is 6.07. The van der Waals surface area contributed by atoms with Crippen molar-refractivity contribution in [2.75, 3.05) is 13.6 Å². The summed E-state index contributed by atoms with van der Waals surface area (Å²) >= 11 is 1.52. The van der Waals surface area contributed by atoms with Crippen molar-refractivity contribution in [2.24, 2.45) is 0 Å². The van der Waals surface area contributed by atoms with Crippen molar-refractivity contribution in [3.8, 4) is 0 Å². The van der Waals surface area contributed by atoms with E-state index >= 15 is 0 Å².